The third-order valence-electron chi connectivity index (χ3n) is 3.43. The van der Waals surface area contributed by atoms with Crippen molar-refractivity contribution in [3.05, 3.63) is 29.6 Å². The first-order chi connectivity index (χ1) is 9.00. The summed E-state index contributed by atoms with van der Waals surface area (Å²) in [6.07, 6.45) is 0. The van der Waals surface area contributed by atoms with Crippen molar-refractivity contribution < 1.29 is 19.1 Å². The van der Waals surface area contributed by atoms with Gasteiger partial charge >= 0.3 is 5.97 Å². The van der Waals surface area contributed by atoms with Crippen molar-refractivity contribution in [2.45, 2.75) is 6.92 Å². The van der Waals surface area contributed by atoms with Crippen LogP contribution in [0.5, 0.6) is 0 Å². The van der Waals surface area contributed by atoms with E-state index in [9.17, 15) is 14.0 Å². The number of hydrogen-bond donors (Lipinski definition) is 3. The maximum absolute atomic E-state index is 13.6. The molecule has 0 radical (unpaired) electrons. The highest BCUT2D eigenvalue weighted by Gasteiger charge is 2.29. The molecule has 1 aromatic carbocycles. The maximum atomic E-state index is 13.6. The van der Waals surface area contributed by atoms with Crippen molar-refractivity contribution in [2.24, 2.45) is 11.8 Å². The van der Waals surface area contributed by atoms with Crippen LogP contribution >= 0.6 is 0 Å². The molecule has 1 saturated heterocycles. The number of benzene rings is 1. The smallest absolute Gasteiger partial charge is 0.337 e. The predicted octanol–water partition coefficient (Wildman–Crippen LogP) is 1.32. The molecule has 19 heavy (non-hydrogen) atoms. The first-order valence-electron chi connectivity index (χ1n) is 6.04. The number of rotatable bonds is 4. The van der Waals surface area contributed by atoms with Crippen LogP contribution in [-0.4, -0.2) is 30.1 Å². The van der Waals surface area contributed by atoms with E-state index in [0.29, 0.717) is 0 Å². The highest BCUT2D eigenvalue weighted by molar-refractivity contribution is 6.01. The zero-order valence-electron chi connectivity index (χ0n) is 10.4. The third kappa shape index (κ3) is 2.73. The Hall–Kier alpha value is -1.95. The molecule has 6 heteroatoms. The van der Waals surface area contributed by atoms with Crippen LogP contribution in [0.25, 0.3) is 0 Å². The Bertz CT molecular complexity index is 515. The number of nitrogens with one attached hydrogen (secondary N) is 2. The normalized spacial score (nSPS) is 16.5. The summed E-state index contributed by atoms with van der Waals surface area (Å²) in [5.41, 5.74) is -0.508. The molecule has 2 rings (SSSR count). The number of amides is 1. The van der Waals surface area contributed by atoms with Gasteiger partial charge in [-0.3, -0.25) is 4.79 Å². The zero-order chi connectivity index (χ0) is 14.0. The van der Waals surface area contributed by atoms with Crippen molar-refractivity contribution in [3.8, 4) is 0 Å². The third-order valence-corrected chi connectivity index (χ3v) is 3.43. The van der Waals surface area contributed by atoms with Crippen LogP contribution in [-0.2, 0) is 4.79 Å². The average Bonchev–Trinajstić information content (AvgIpc) is 2.28. The van der Waals surface area contributed by atoms with Gasteiger partial charge < -0.3 is 15.7 Å². The lowest BCUT2D eigenvalue weighted by Crippen LogP contribution is -2.48. The molecule has 1 heterocycles. The fourth-order valence-corrected chi connectivity index (χ4v) is 1.95. The molecule has 0 bridgehead atoms. The number of halogens is 1. The van der Waals surface area contributed by atoms with E-state index in [4.69, 9.17) is 5.11 Å². The van der Waals surface area contributed by atoms with Crippen molar-refractivity contribution >= 4 is 17.6 Å². The predicted molar refractivity (Wildman–Crippen MR) is 67.5 cm³/mol. The number of aromatic carboxylic acids is 1. The van der Waals surface area contributed by atoms with Gasteiger partial charge in [0.2, 0.25) is 5.91 Å². The first-order valence-corrected chi connectivity index (χ1v) is 6.04. The largest absolute Gasteiger partial charge is 0.478 e. The molecule has 1 amide bonds. The minimum Gasteiger partial charge on any atom is -0.478 e. The van der Waals surface area contributed by atoms with Crippen LogP contribution in [0.1, 0.15) is 17.3 Å². The summed E-state index contributed by atoms with van der Waals surface area (Å²) >= 11 is 0. The lowest BCUT2D eigenvalue weighted by Gasteiger charge is -2.31. The van der Waals surface area contributed by atoms with E-state index in [1.807, 2.05) is 0 Å². The van der Waals surface area contributed by atoms with Crippen molar-refractivity contribution in [3.63, 3.8) is 0 Å². The van der Waals surface area contributed by atoms with Crippen LogP contribution in [0.3, 0.4) is 0 Å². The topological polar surface area (TPSA) is 78.4 Å². The molecule has 102 valence electrons. The molecule has 0 spiro atoms. The monoisotopic (exact) mass is 266 g/mol. The minimum absolute atomic E-state index is 0.208. The fourth-order valence-electron chi connectivity index (χ4n) is 1.95. The van der Waals surface area contributed by atoms with E-state index in [1.54, 1.807) is 6.92 Å². The highest BCUT2D eigenvalue weighted by Crippen LogP contribution is 2.23. The summed E-state index contributed by atoms with van der Waals surface area (Å²) in [4.78, 5) is 23.0. The number of carbonyl (C=O) groups is 2. The Morgan fingerprint density at radius 1 is 1.47 bits per heavy atom. The van der Waals surface area contributed by atoms with E-state index in [2.05, 4.69) is 10.6 Å². The van der Waals surface area contributed by atoms with Crippen LogP contribution in [0.4, 0.5) is 10.1 Å². The average molecular weight is 266 g/mol. The number of anilines is 1. The lowest BCUT2D eigenvalue weighted by atomic mass is 9.88. The van der Waals surface area contributed by atoms with Gasteiger partial charge in [-0.2, -0.15) is 0 Å². The molecule has 1 atom stereocenters. The van der Waals surface area contributed by atoms with Gasteiger partial charge in [0.05, 0.1) is 11.3 Å². The quantitative estimate of drug-likeness (QED) is 0.768. The Morgan fingerprint density at radius 2 is 2.16 bits per heavy atom. The first kappa shape index (κ1) is 13.5. The number of hydrogen-bond acceptors (Lipinski definition) is 3. The minimum atomic E-state index is -1.27. The molecular formula is C13H15FN2O3. The van der Waals surface area contributed by atoms with Gasteiger partial charge in [0.25, 0.3) is 0 Å². The summed E-state index contributed by atoms with van der Waals surface area (Å²) in [5, 5.41) is 14.4. The van der Waals surface area contributed by atoms with E-state index in [0.717, 1.165) is 19.2 Å². The molecule has 1 aromatic rings. The van der Waals surface area contributed by atoms with Crippen LogP contribution in [0.15, 0.2) is 18.2 Å². The number of carbonyl (C=O) groups excluding carboxylic acids is 1. The van der Waals surface area contributed by atoms with Crippen LogP contribution in [0.2, 0.25) is 0 Å². The second-order valence-electron chi connectivity index (χ2n) is 4.66. The standard InChI is InChI=1S/C13H15FN2O3/c1-7(8-5-15-6-8)12(17)16-11-9(13(18)19)3-2-4-10(11)14/h2-4,7-8,15H,5-6H2,1H3,(H,16,17)(H,18,19). The van der Waals surface area contributed by atoms with E-state index in [-0.39, 0.29) is 29.0 Å². The van der Waals surface area contributed by atoms with Gasteiger partial charge in [-0.05, 0) is 31.1 Å². The zero-order valence-corrected chi connectivity index (χ0v) is 10.4. The van der Waals surface area contributed by atoms with Crippen LogP contribution in [0, 0.1) is 17.7 Å². The fraction of sp³-hybridized carbons (Fsp3) is 0.385. The Kier molecular flexibility index (Phi) is 3.80. The van der Waals surface area contributed by atoms with Gasteiger partial charge in [0.1, 0.15) is 5.82 Å². The van der Waals surface area contributed by atoms with Crippen LogP contribution < -0.4 is 10.6 Å². The lowest BCUT2D eigenvalue weighted by molar-refractivity contribution is -0.121. The Balaban J connectivity index is 2.18. The van der Waals surface area contributed by atoms with E-state index >= 15 is 0 Å². The maximum Gasteiger partial charge on any atom is 0.337 e. The Labute approximate surface area is 109 Å². The number of carboxylic acids is 1. The second kappa shape index (κ2) is 5.36. The molecule has 0 saturated carbocycles. The molecule has 5 nitrogen and oxygen atoms in total. The van der Waals surface area contributed by atoms with Gasteiger partial charge in [0, 0.05) is 5.92 Å². The second-order valence-corrected chi connectivity index (χ2v) is 4.66. The van der Waals surface area contributed by atoms with Crippen molar-refractivity contribution in [1.29, 1.82) is 0 Å². The number of carboxylic acid groups (broad SMARTS) is 1. The summed E-state index contributed by atoms with van der Waals surface area (Å²) in [6, 6.07) is 3.68. The molecule has 1 aliphatic heterocycles. The molecule has 1 fully saturated rings. The summed E-state index contributed by atoms with van der Waals surface area (Å²) in [6.45, 7) is 3.25. The summed E-state index contributed by atoms with van der Waals surface area (Å²) in [5.74, 6) is -2.46. The van der Waals surface area contributed by atoms with Gasteiger partial charge in [0.15, 0.2) is 0 Å². The molecular weight excluding hydrogens is 251 g/mol. The van der Waals surface area contributed by atoms with Gasteiger partial charge in [-0.25, -0.2) is 9.18 Å². The summed E-state index contributed by atoms with van der Waals surface area (Å²) < 4.78 is 13.6. The molecule has 1 unspecified atom stereocenters. The highest BCUT2D eigenvalue weighted by atomic mass is 19.1. The van der Waals surface area contributed by atoms with E-state index < -0.39 is 11.8 Å². The Morgan fingerprint density at radius 3 is 2.68 bits per heavy atom. The summed E-state index contributed by atoms with van der Waals surface area (Å²) in [7, 11) is 0. The van der Waals surface area contributed by atoms with E-state index in [1.165, 1.54) is 12.1 Å². The van der Waals surface area contributed by atoms with Gasteiger partial charge in [-0.1, -0.05) is 13.0 Å². The molecule has 0 aromatic heterocycles. The van der Waals surface area contributed by atoms with Crippen molar-refractivity contribution in [1.82, 2.24) is 5.32 Å². The van der Waals surface area contributed by atoms with Crippen molar-refractivity contribution in [2.75, 3.05) is 18.4 Å². The van der Waals surface area contributed by atoms with Gasteiger partial charge in [-0.15, -0.1) is 0 Å². The molecule has 1 aliphatic rings. The SMILES string of the molecule is CC(C(=O)Nc1c(F)cccc1C(=O)O)C1CNC1. The number of para-hydroxylation sites is 1. The molecule has 3 N–H and O–H groups in total. The molecule has 0 aliphatic carbocycles.